The van der Waals surface area contributed by atoms with Crippen LogP contribution in [0.15, 0.2) is 18.2 Å². The number of carbonyl (C=O) groups excluding carboxylic acids is 1. The molecule has 2 aliphatic heterocycles. The number of amides is 1. The smallest absolute Gasteiger partial charge is 0.217 e. The minimum absolute atomic E-state index is 0.0167. The average Bonchev–Trinajstić information content (AvgIpc) is 3.49. The molecule has 3 fully saturated rings. The molecule has 1 aromatic carbocycles. The zero-order chi connectivity index (χ0) is 25.2. The normalized spacial score (nSPS) is 24.7. The zero-order valence-electron chi connectivity index (χ0n) is 22.6. The van der Waals surface area contributed by atoms with Crippen LogP contribution in [0, 0.1) is 17.7 Å². The quantitative estimate of drug-likeness (QED) is 0.522. The van der Waals surface area contributed by atoms with Crippen molar-refractivity contribution in [2.24, 2.45) is 11.8 Å². The van der Waals surface area contributed by atoms with E-state index in [1.165, 1.54) is 49.8 Å². The molecule has 2 saturated heterocycles. The van der Waals surface area contributed by atoms with Gasteiger partial charge in [0.2, 0.25) is 5.91 Å². The number of rotatable bonds is 7. The summed E-state index contributed by atoms with van der Waals surface area (Å²) in [4.78, 5) is 17.1. The number of nitrogens with one attached hydrogen (secondary N) is 1. The highest BCUT2D eigenvalue weighted by Gasteiger charge is 2.32. The monoisotopic (exact) mass is 496 g/mol. The maximum Gasteiger partial charge on any atom is 0.217 e. The molecule has 5 rings (SSSR count). The summed E-state index contributed by atoms with van der Waals surface area (Å²) in [5.74, 6) is 1.51. The molecule has 1 aromatic heterocycles. The van der Waals surface area contributed by atoms with Crippen LogP contribution in [0.25, 0.3) is 10.9 Å². The molecule has 1 amide bonds. The standard InChI is InChI=1S/C30H45FN4O/c1-21(2)23-6-9-25(10-7-23)34-16-12-26(13-17-34)35-29-11-8-24(31)18-27(29)28(20-33-14-4-5-15-33)30(35)19-32-22(3)36/h8,11,18,21,23,25-26H,4-7,9-10,12-17,19-20H2,1-3H3,(H,32,36)/t23-,25+. The van der Waals surface area contributed by atoms with Gasteiger partial charge in [0.1, 0.15) is 5.82 Å². The fourth-order valence-electron chi connectivity index (χ4n) is 7.21. The Morgan fingerprint density at radius 2 is 1.69 bits per heavy atom. The lowest BCUT2D eigenvalue weighted by atomic mass is 9.79. The van der Waals surface area contributed by atoms with Crippen LogP contribution in [0.1, 0.15) is 89.4 Å². The third-order valence-corrected chi connectivity index (χ3v) is 9.33. The predicted octanol–water partition coefficient (Wildman–Crippen LogP) is 5.86. The third-order valence-electron chi connectivity index (χ3n) is 9.33. The van der Waals surface area contributed by atoms with Crippen molar-refractivity contribution in [1.29, 1.82) is 0 Å². The maximum atomic E-state index is 14.5. The molecule has 1 N–H and O–H groups in total. The van der Waals surface area contributed by atoms with Crippen molar-refractivity contribution in [1.82, 2.24) is 19.7 Å². The van der Waals surface area contributed by atoms with E-state index in [4.69, 9.17) is 0 Å². The van der Waals surface area contributed by atoms with E-state index in [-0.39, 0.29) is 11.7 Å². The molecular weight excluding hydrogens is 451 g/mol. The average molecular weight is 497 g/mol. The molecule has 1 saturated carbocycles. The van der Waals surface area contributed by atoms with Gasteiger partial charge in [-0.15, -0.1) is 0 Å². The minimum Gasteiger partial charge on any atom is -0.351 e. The van der Waals surface area contributed by atoms with Gasteiger partial charge in [0.05, 0.1) is 6.54 Å². The maximum absolute atomic E-state index is 14.5. The largest absolute Gasteiger partial charge is 0.351 e. The Bertz CT molecular complexity index is 1040. The van der Waals surface area contributed by atoms with Crippen molar-refractivity contribution < 1.29 is 9.18 Å². The van der Waals surface area contributed by atoms with Crippen molar-refractivity contribution in [2.45, 2.75) is 97.3 Å². The van der Waals surface area contributed by atoms with Crippen LogP contribution >= 0.6 is 0 Å². The highest BCUT2D eigenvalue weighted by molar-refractivity contribution is 5.86. The highest BCUT2D eigenvalue weighted by atomic mass is 19.1. The molecule has 0 unspecified atom stereocenters. The van der Waals surface area contributed by atoms with Gasteiger partial charge in [-0.25, -0.2) is 4.39 Å². The first-order chi connectivity index (χ1) is 17.4. The first-order valence-electron chi connectivity index (χ1n) is 14.4. The second kappa shape index (κ2) is 11.2. The van der Waals surface area contributed by atoms with Gasteiger partial charge in [-0.1, -0.05) is 13.8 Å². The van der Waals surface area contributed by atoms with E-state index < -0.39 is 0 Å². The number of nitrogens with zero attached hydrogens (tertiary/aromatic N) is 3. The van der Waals surface area contributed by atoms with Gasteiger partial charge in [-0.05, 0) is 100 Å². The van der Waals surface area contributed by atoms with Gasteiger partial charge >= 0.3 is 0 Å². The first-order valence-corrected chi connectivity index (χ1v) is 14.4. The van der Waals surface area contributed by atoms with Gasteiger partial charge in [0.25, 0.3) is 0 Å². The summed E-state index contributed by atoms with van der Waals surface area (Å²) in [6, 6.07) is 6.41. The molecule has 2 aromatic rings. The van der Waals surface area contributed by atoms with E-state index in [0.717, 1.165) is 74.3 Å². The summed E-state index contributed by atoms with van der Waals surface area (Å²) in [6.45, 7) is 12.1. The van der Waals surface area contributed by atoms with Crippen molar-refractivity contribution in [3.63, 3.8) is 0 Å². The number of hydrogen-bond acceptors (Lipinski definition) is 3. The second-order valence-corrected chi connectivity index (χ2v) is 11.9. The van der Waals surface area contributed by atoms with Gasteiger partial charge in [-0.2, -0.15) is 0 Å². The Hall–Kier alpha value is -1.92. The van der Waals surface area contributed by atoms with Crippen LogP contribution in [-0.2, 0) is 17.9 Å². The molecule has 36 heavy (non-hydrogen) atoms. The molecule has 6 heteroatoms. The number of likely N-dealkylation sites (tertiary alicyclic amines) is 2. The van der Waals surface area contributed by atoms with Crippen molar-refractivity contribution in [3.05, 3.63) is 35.3 Å². The number of aromatic nitrogens is 1. The number of halogens is 1. The topological polar surface area (TPSA) is 40.5 Å². The number of hydrogen-bond donors (Lipinski definition) is 1. The van der Waals surface area contributed by atoms with Gasteiger partial charge in [0.15, 0.2) is 0 Å². The minimum atomic E-state index is -0.180. The van der Waals surface area contributed by atoms with E-state index in [2.05, 4.69) is 33.5 Å². The van der Waals surface area contributed by atoms with Crippen molar-refractivity contribution in [2.75, 3.05) is 26.2 Å². The summed E-state index contributed by atoms with van der Waals surface area (Å²) in [5, 5.41) is 4.10. The molecule has 5 nitrogen and oxygen atoms in total. The van der Waals surface area contributed by atoms with Crippen LogP contribution < -0.4 is 5.32 Å². The van der Waals surface area contributed by atoms with Gasteiger partial charge in [0, 0.05) is 55.2 Å². The molecule has 3 aliphatic rings. The summed E-state index contributed by atoms with van der Waals surface area (Å²) >= 11 is 0. The van der Waals surface area contributed by atoms with E-state index >= 15 is 0 Å². The van der Waals surface area contributed by atoms with Crippen molar-refractivity contribution in [3.8, 4) is 0 Å². The predicted molar refractivity (Wildman–Crippen MR) is 144 cm³/mol. The molecule has 0 spiro atoms. The number of fused-ring (bicyclic) bond motifs is 1. The fraction of sp³-hybridized carbons (Fsp3) is 0.700. The van der Waals surface area contributed by atoms with Crippen LogP contribution in [0.2, 0.25) is 0 Å². The van der Waals surface area contributed by atoms with Crippen molar-refractivity contribution >= 4 is 16.8 Å². The Morgan fingerprint density at radius 3 is 2.33 bits per heavy atom. The van der Waals surface area contributed by atoms with Crippen LogP contribution in [0.3, 0.4) is 0 Å². The van der Waals surface area contributed by atoms with E-state index in [1.54, 1.807) is 19.1 Å². The molecule has 198 valence electrons. The van der Waals surface area contributed by atoms with Crippen LogP contribution in [-0.4, -0.2) is 52.5 Å². The van der Waals surface area contributed by atoms with Crippen LogP contribution in [0.4, 0.5) is 4.39 Å². The molecule has 0 radical (unpaired) electrons. The summed E-state index contributed by atoms with van der Waals surface area (Å²) in [5.41, 5.74) is 3.50. The lowest BCUT2D eigenvalue weighted by Gasteiger charge is -2.42. The molecule has 3 heterocycles. The fourth-order valence-corrected chi connectivity index (χ4v) is 7.21. The van der Waals surface area contributed by atoms with Gasteiger partial charge < -0.3 is 14.8 Å². The first kappa shape index (κ1) is 25.7. The van der Waals surface area contributed by atoms with Crippen LogP contribution in [0.5, 0.6) is 0 Å². The van der Waals surface area contributed by atoms with E-state index in [9.17, 15) is 9.18 Å². The molecular formula is C30H45FN4O. The lowest BCUT2D eigenvalue weighted by Crippen LogP contribution is -2.44. The molecule has 0 bridgehead atoms. The summed E-state index contributed by atoms with van der Waals surface area (Å²) in [7, 11) is 0. The third kappa shape index (κ3) is 5.50. The van der Waals surface area contributed by atoms with E-state index in [1.807, 2.05) is 6.07 Å². The Kier molecular flexibility index (Phi) is 8.02. The SMILES string of the molecule is CC(=O)NCc1c(CN2CCCC2)c2cc(F)ccc2n1C1CCN([C@H]2CC[C@@H](C(C)C)CC2)CC1. The van der Waals surface area contributed by atoms with Gasteiger partial charge in [-0.3, -0.25) is 9.69 Å². The molecule has 0 atom stereocenters. The van der Waals surface area contributed by atoms with E-state index in [0.29, 0.717) is 12.6 Å². The number of benzene rings is 1. The summed E-state index contributed by atoms with van der Waals surface area (Å²) in [6.07, 6.45) is 10.1. The molecule has 1 aliphatic carbocycles. The Morgan fingerprint density at radius 1 is 1.00 bits per heavy atom. The number of carbonyl (C=O) groups is 1. The summed E-state index contributed by atoms with van der Waals surface area (Å²) < 4.78 is 16.9. The Labute approximate surface area is 216 Å². The lowest BCUT2D eigenvalue weighted by molar-refractivity contribution is -0.119. The zero-order valence-corrected chi connectivity index (χ0v) is 22.6. The Balaban J connectivity index is 1.39. The number of piperidine rings is 1. The second-order valence-electron chi connectivity index (χ2n) is 11.9. The highest BCUT2D eigenvalue weighted by Crippen LogP contribution is 2.38.